The molecule has 1 aliphatic rings. The van der Waals surface area contributed by atoms with E-state index in [1.54, 1.807) is 6.92 Å². The predicted octanol–water partition coefficient (Wildman–Crippen LogP) is 5.39. The average molecular weight is 444 g/mol. The molecule has 1 N–H and O–H groups in total. The summed E-state index contributed by atoms with van der Waals surface area (Å²) in [6.45, 7) is 1.55. The number of ether oxygens (including phenoxy) is 1. The number of dihydropyridines is 1. The van der Waals surface area contributed by atoms with Crippen LogP contribution in [0.5, 0.6) is 0 Å². The maximum absolute atomic E-state index is 13.8. The summed E-state index contributed by atoms with van der Waals surface area (Å²) in [5.74, 6) is -3.28. The summed E-state index contributed by atoms with van der Waals surface area (Å²) in [5, 5.41) is 12.7. The fourth-order valence-corrected chi connectivity index (χ4v) is 3.84. The van der Waals surface area contributed by atoms with Crippen molar-refractivity contribution in [1.82, 2.24) is 5.32 Å². The van der Waals surface area contributed by atoms with Crippen LogP contribution in [0, 0.1) is 17.1 Å². The van der Waals surface area contributed by atoms with E-state index in [1.165, 1.54) is 0 Å². The molecule has 1 atom stereocenters. The van der Waals surface area contributed by atoms with Crippen molar-refractivity contribution in [3.63, 3.8) is 0 Å². The molecule has 0 spiro atoms. The van der Waals surface area contributed by atoms with Gasteiger partial charge in [-0.1, -0.05) is 36.4 Å². The maximum Gasteiger partial charge on any atom is 0.416 e. The van der Waals surface area contributed by atoms with Crippen molar-refractivity contribution in [2.45, 2.75) is 31.9 Å². The third-order valence-corrected chi connectivity index (χ3v) is 5.31. The Labute approximate surface area is 182 Å². The van der Waals surface area contributed by atoms with Crippen LogP contribution in [0.25, 0.3) is 0 Å². The van der Waals surface area contributed by atoms with E-state index < -0.39 is 29.4 Å². The van der Waals surface area contributed by atoms with Gasteiger partial charge in [-0.2, -0.15) is 18.4 Å². The lowest BCUT2D eigenvalue weighted by Gasteiger charge is -2.31. The van der Waals surface area contributed by atoms with E-state index in [0.29, 0.717) is 30.3 Å². The van der Waals surface area contributed by atoms with Gasteiger partial charge in [0.1, 0.15) is 5.82 Å². The molecular formula is C24H20F4N2O2. The Morgan fingerprint density at radius 1 is 1.16 bits per heavy atom. The fraction of sp³-hybridized carbons (Fsp3) is 0.250. The number of hydrogen-bond donors (Lipinski definition) is 1. The van der Waals surface area contributed by atoms with E-state index in [9.17, 15) is 27.6 Å². The van der Waals surface area contributed by atoms with Crippen LogP contribution in [0.4, 0.5) is 17.6 Å². The SMILES string of the molecule is COC(=O)C1=C(CCc2ccccc2)NC(C)=C(C#N)C1c1ccc(F)cc1C(F)(F)F. The first kappa shape index (κ1) is 23.1. The van der Waals surface area contributed by atoms with Crippen LogP contribution in [0.1, 0.15) is 36.0 Å². The van der Waals surface area contributed by atoms with Crippen molar-refractivity contribution in [2.24, 2.45) is 0 Å². The highest BCUT2D eigenvalue weighted by Gasteiger charge is 2.41. The second kappa shape index (κ2) is 9.27. The molecule has 2 aromatic rings. The summed E-state index contributed by atoms with van der Waals surface area (Å²) in [4.78, 5) is 12.8. The predicted molar refractivity (Wildman–Crippen MR) is 109 cm³/mol. The number of hydrogen-bond acceptors (Lipinski definition) is 4. The number of carbonyl (C=O) groups excluding carboxylic acids is 1. The molecule has 1 aliphatic heterocycles. The molecule has 0 aromatic heterocycles. The van der Waals surface area contributed by atoms with Crippen molar-refractivity contribution in [1.29, 1.82) is 5.26 Å². The molecule has 2 aromatic carbocycles. The maximum atomic E-state index is 13.8. The zero-order valence-corrected chi connectivity index (χ0v) is 17.4. The number of halogens is 4. The Morgan fingerprint density at radius 2 is 1.84 bits per heavy atom. The van der Waals surface area contributed by atoms with Crippen molar-refractivity contribution in [3.8, 4) is 6.07 Å². The minimum atomic E-state index is -4.89. The van der Waals surface area contributed by atoms with E-state index in [4.69, 9.17) is 4.74 Å². The molecule has 0 radical (unpaired) electrons. The highest BCUT2D eigenvalue weighted by molar-refractivity contribution is 5.93. The Hall–Kier alpha value is -3.60. The highest BCUT2D eigenvalue weighted by atomic mass is 19.4. The number of benzene rings is 2. The van der Waals surface area contributed by atoms with E-state index >= 15 is 0 Å². The number of carbonyl (C=O) groups is 1. The molecule has 3 rings (SSSR count). The van der Waals surface area contributed by atoms with E-state index in [-0.39, 0.29) is 16.7 Å². The molecule has 0 saturated heterocycles. The molecule has 8 heteroatoms. The van der Waals surface area contributed by atoms with Crippen LogP contribution in [-0.2, 0) is 22.1 Å². The number of methoxy groups -OCH3 is 1. The minimum Gasteiger partial charge on any atom is -0.466 e. The molecule has 0 fully saturated rings. The smallest absolute Gasteiger partial charge is 0.416 e. The van der Waals surface area contributed by atoms with Gasteiger partial charge in [0.05, 0.1) is 35.8 Å². The van der Waals surface area contributed by atoms with Gasteiger partial charge in [0.15, 0.2) is 0 Å². The van der Waals surface area contributed by atoms with Crippen LogP contribution >= 0.6 is 0 Å². The summed E-state index contributed by atoms with van der Waals surface area (Å²) in [6, 6.07) is 13.5. The third-order valence-electron chi connectivity index (χ3n) is 5.31. The second-order valence-corrected chi connectivity index (χ2v) is 7.31. The first-order valence-electron chi connectivity index (χ1n) is 9.77. The van der Waals surface area contributed by atoms with Gasteiger partial charge in [0.25, 0.3) is 0 Å². The van der Waals surface area contributed by atoms with Crippen LogP contribution in [0.2, 0.25) is 0 Å². The summed E-state index contributed by atoms with van der Waals surface area (Å²) in [5.41, 5.74) is -0.130. The Morgan fingerprint density at radius 3 is 2.44 bits per heavy atom. The van der Waals surface area contributed by atoms with Gasteiger partial charge in [-0.3, -0.25) is 0 Å². The van der Waals surface area contributed by atoms with Crippen molar-refractivity contribution < 1.29 is 27.1 Å². The number of nitriles is 1. The van der Waals surface area contributed by atoms with Gasteiger partial charge in [0.2, 0.25) is 0 Å². The van der Waals surface area contributed by atoms with Crippen LogP contribution in [-0.4, -0.2) is 13.1 Å². The van der Waals surface area contributed by atoms with E-state index in [1.807, 2.05) is 36.4 Å². The molecule has 0 bridgehead atoms. The number of alkyl halides is 3. The van der Waals surface area contributed by atoms with E-state index in [0.717, 1.165) is 24.8 Å². The van der Waals surface area contributed by atoms with Crippen LogP contribution in [0.3, 0.4) is 0 Å². The summed E-state index contributed by atoms with van der Waals surface area (Å²) >= 11 is 0. The largest absolute Gasteiger partial charge is 0.466 e. The number of nitrogens with zero attached hydrogens (tertiary/aromatic N) is 1. The monoisotopic (exact) mass is 444 g/mol. The third kappa shape index (κ3) is 4.67. The normalized spacial score (nSPS) is 16.5. The molecule has 4 nitrogen and oxygen atoms in total. The summed E-state index contributed by atoms with van der Waals surface area (Å²) < 4.78 is 59.9. The lowest BCUT2D eigenvalue weighted by molar-refractivity contribution is -0.139. The lowest BCUT2D eigenvalue weighted by Crippen LogP contribution is -2.31. The Kier molecular flexibility index (Phi) is 6.68. The first-order valence-corrected chi connectivity index (χ1v) is 9.77. The van der Waals surface area contributed by atoms with Crippen molar-refractivity contribution >= 4 is 5.97 Å². The first-order chi connectivity index (χ1) is 15.2. The topological polar surface area (TPSA) is 62.1 Å². The molecular weight excluding hydrogens is 424 g/mol. The second-order valence-electron chi connectivity index (χ2n) is 7.31. The Bertz CT molecular complexity index is 1130. The van der Waals surface area contributed by atoms with Crippen molar-refractivity contribution in [3.05, 3.63) is 93.6 Å². The number of esters is 1. The molecule has 1 heterocycles. The number of allylic oxidation sites excluding steroid dienone is 3. The van der Waals surface area contributed by atoms with Crippen LogP contribution < -0.4 is 5.32 Å². The zero-order chi connectivity index (χ0) is 23.5. The number of nitrogens with one attached hydrogen (secondary N) is 1. The highest BCUT2D eigenvalue weighted by Crippen LogP contribution is 2.44. The average Bonchev–Trinajstić information content (AvgIpc) is 2.76. The molecule has 166 valence electrons. The van der Waals surface area contributed by atoms with Crippen molar-refractivity contribution in [2.75, 3.05) is 7.11 Å². The van der Waals surface area contributed by atoms with Gasteiger partial charge in [-0.25, -0.2) is 9.18 Å². The van der Waals surface area contributed by atoms with Gasteiger partial charge in [0, 0.05) is 11.4 Å². The van der Waals surface area contributed by atoms with Gasteiger partial charge >= 0.3 is 12.1 Å². The van der Waals surface area contributed by atoms with Gasteiger partial charge < -0.3 is 10.1 Å². The lowest BCUT2D eigenvalue weighted by atomic mass is 9.78. The molecule has 0 aliphatic carbocycles. The summed E-state index contributed by atoms with van der Waals surface area (Å²) in [6.07, 6.45) is -4.09. The standard InChI is InChI=1S/C24H20F4N2O2/c1-14-18(13-29)21(17-10-9-16(25)12-19(17)24(26,27)28)22(23(31)32-2)20(30-14)11-8-15-6-4-3-5-7-15/h3-7,9-10,12,21,30H,8,11H2,1-2H3. The fourth-order valence-electron chi connectivity index (χ4n) is 3.84. The zero-order valence-electron chi connectivity index (χ0n) is 17.4. The van der Waals surface area contributed by atoms with Crippen LogP contribution in [0.15, 0.2) is 71.1 Å². The molecule has 0 saturated carbocycles. The molecule has 1 unspecified atom stereocenters. The number of rotatable bonds is 5. The molecule has 32 heavy (non-hydrogen) atoms. The quantitative estimate of drug-likeness (QED) is 0.496. The number of aryl methyl sites for hydroxylation is 1. The minimum absolute atomic E-state index is 0.0639. The Balaban J connectivity index is 2.20. The van der Waals surface area contributed by atoms with E-state index in [2.05, 4.69) is 5.32 Å². The summed E-state index contributed by atoms with van der Waals surface area (Å²) in [7, 11) is 1.12. The molecule has 0 amide bonds. The van der Waals surface area contributed by atoms with Gasteiger partial charge in [-0.15, -0.1) is 0 Å². The van der Waals surface area contributed by atoms with Gasteiger partial charge in [-0.05, 0) is 43.0 Å².